The van der Waals surface area contributed by atoms with Crippen molar-refractivity contribution in [3.8, 4) is 11.6 Å². The predicted molar refractivity (Wildman–Crippen MR) is 71.7 cm³/mol. The van der Waals surface area contributed by atoms with E-state index in [1.54, 1.807) is 0 Å². The lowest BCUT2D eigenvalue weighted by Crippen LogP contribution is -2.18. The van der Waals surface area contributed by atoms with Crippen LogP contribution in [-0.4, -0.2) is 33.0 Å². The number of methoxy groups -OCH3 is 1. The molecule has 21 heavy (non-hydrogen) atoms. The Morgan fingerprint density at radius 1 is 1.48 bits per heavy atom. The first-order chi connectivity index (χ1) is 10.1. The standard InChI is InChI=1S/C13H15N3O5/c1-20-13(19)21-8-6-14-16-10(8)15-11(17)9(12(16)18)7-4-2-3-5-7/h6-7,18H,2-5H2,1H3,(H,15,17). The van der Waals surface area contributed by atoms with Gasteiger partial charge in [-0.25, -0.2) is 4.79 Å². The first-order valence-electron chi connectivity index (χ1n) is 6.70. The van der Waals surface area contributed by atoms with E-state index in [-0.39, 0.29) is 28.8 Å². The van der Waals surface area contributed by atoms with Crippen molar-refractivity contribution in [1.82, 2.24) is 14.6 Å². The van der Waals surface area contributed by atoms with Crippen LogP contribution in [0.2, 0.25) is 0 Å². The van der Waals surface area contributed by atoms with Gasteiger partial charge in [0.1, 0.15) is 0 Å². The van der Waals surface area contributed by atoms with Crippen LogP contribution in [0.3, 0.4) is 0 Å². The number of aromatic amines is 1. The Morgan fingerprint density at radius 2 is 2.19 bits per heavy atom. The number of nitrogens with zero attached hydrogens (tertiary/aromatic N) is 2. The highest BCUT2D eigenvalue weighted by Gasteiger charge is 2.26. The number of nitrogens with one attached hydrogen (secondary N) is 1. The second kappa shape index (κ2) is 5.12. The van der Waals surface area contributed by atoms with Crippen LogP contribution in [0.25, 0.3) is 5.65 Å². The average Bonchev–Trinajstić information content (AvgIpc) is 3.10. The van der Waals surface area contributed by atoms with E-state index in [2.05, 4.69) is 14.8 Å². The van der Waals surface area contributed by atoms with Gasteiger partial charge in [0, 0.05) is 0 Å². The number of hydrogen-bond acceptors (Lipinski definition) is 6. The second-order valence-electron chi connectivity index (χ2n) is 5.00. The van der Waals surface area contributed by atoms with Crippen LogP contribution in [0.15, 0.2) is 11.0 Å². The summed E-state index contributed by atoms with van der Waals surface area (Å²) in [7, 11) is 1.17. The molecule has 8 nitrogen and oxygen atoms in total. The van der Waals surface area contributed by atoms with E-state index in [1.807, 2.05) is 0 Å². The van der Waals surface area contributed by atoms with Crippen LogP contribution in [0.4, 0.5) is 4.79 Å². The quantitative estimate of drug-likeness (QED) is 0.813. The molecular weight excluding hydrogens is 278 g/mol. The third-order valence-electron chi connectivity index (χ3n) is 3.78. The Kier molecular flexibility index (Phi) is 3.28. The highest BCUT2D eigenvalue weighted by atomic mass is 16.7. The summed E-state index contributed by atoms with van der Waals surface area (Å²) in [5.74, 6) is -0.153. The lowest BCUT2D eigenvalue weighted by molar-refractivity contribution is 0.122. The molecule has 2 aromatic heterocycles. The van der Waals surface area contributed by atoms with Crippen molar-refractivity contribution in [3.05, 3.63) is 22.1 Å². The summed E-state index contributed by atoms with van der Waals surface area (Å²) in [4.78, 5) is 26.0. The number of aromatic nitrogens is 3. The number of fused-ring (bicyclic) bond motifs is 1. The summed E-state index contributed by atoms with van der Waals surface area (Å²) in [6.07, 6.45) is 4.13. The van der Waals surface area contributed by atoms with Crippen LogP contribution < -0.4 is 10.3 Å². The maximum Gasteiger partial charge on any atom is 0.513 e. The van der Waals surface area contributed by atoms with Crippen LogP contribution in [0.1, 0.15) is 37.2 Å². The predicted octanol–water partition coefficient (Wildman–Crippen LogP) is 1.53. The minimum atomic E-state index is -0.926. The van der Waals surface area contributed by atoms with E-state index in [0.29, 0.717) is 5.56 Å². The van der Waals surface area contributed by atoms with Crippen molar-refractivity contribution in [2.45, 2.75) is 31.6 Å². The lowest BCUT2D eigenvalue weighted by Gasteiger charge is -2.11. The molecule has 1 aliphatic rings. The van der Waals surface area contributed by atoms with Crippen molar-refractivity contribution in [1.29, 1.82) is 0 Å². The maximum atomic E-state index is 12.2. The van der Waals surface area contributed by atoms with Crippen LogP contribution in [0, 0.1) is 0 Å². The highest BCUT2D eigenvalue weighted by molar-refractivity contribution is 5.68. The zero-order valence-electron chi connectivity index (χ0n) is 11.5. The fourth-order valence-corrected chi connectivity index (χ4v) is 2.79. The third kappa shape index (κ3) is 2.22. The molecule has 1 aliphatic carbocycles. The normalized spacial score (nSPS) is 15.5. The molecule has 0 amide bonds. The summed E-state index contributed by atoms with van der Waals surface area (Å²) >= 11 is 0. The molecule has 1 saturated carbocycles. The molecular formula is C13H15N3O5. The van der Waals surface area contributed by atoms with E-state index in [9.17, 15) is 14.7 Å². The van der Waals surface area contributed by atoms with Gasteiger partial charge in [-0.05, 0) is 18.8 Å². The number of carbonyl (C=O) groups is 1. The maximum absolute atomic E-state index is 12.2. The topological polar surface area (TPSA) is 106 Å². The van der Waals surface area contributed by atoms with Gasteiger partial charge in [0.25, 0.3) is 5.56 Å². The molecule has 2 N–H and O–H groups in total. The van der Waals surface area contributed by atoms with Gasteiger partial charge < -0.3 is 19.6 Å². The number of carbonyl (C=O) groups excluding carboxylic acids is 1. The van der Waals surface area contributed by atoms with Crippen molar-refractivity contribution in [3.63, 3.8) is 0 Å². The summed E-state index contributed by atoms with van der Waals surface area (Å²) in [6, 6.07) is 0. The minimum Gasteiger partial charge on any atom is -0.493 e. The molecule has 0 aromatic carbocycles. The first kappa shape index (κ1) is 13.5. The monoisotopic (exact) mass is 293 g/mol. The van der Waals surface area contributed by atoms with Crippen molar-refractivity contribution >= 4 is 11.8 Å². The van der Waals surface area contributed by atoms with E-state index in [4.69, 9.17) is 4.74 Å². The van der Waals surface area contributed by atoms with E-state index in [0.717, 1.165) is 30.2 Å². The summed E-state index contributed by atoms with van der Waals surface area (Å²) in [5, 5.41) is 14.2. The van der Waals surface area contributed by atoms with Crippen molar-refractivity contribution in [2.75, 3.05) is 7.11 Å². The van der Waals surface area contributed by atoms with Gasteiger partial charge in [0.2, 0.25) is 5.88 Å². The van der Waals surface area contributed by atoms with E-state index >= 15 is 0 Å². The zero-order valence-corrected chi connectivity index (χ0v) is 11.5. The fourth-order valence-electron chi connectivity index (χ4n) is 2.79. The average molecular weight is 293 g/mol. The molecule has 0 radical (unpaired) electrons. The molecule has 3 rings (SSSR count). The minimum absolute atomic E-state index is 0.0206. The number of hydrogen-bond donors (Lipinski definition) is 2. The highest BCUT2D eigenvalue weighted by Crippen LogP contribution is 2.36. The Bertz CT molecular complexity index is 742. The molecule has 0 atom stereocenters. The summed E-state index contributed by atoms with van der Waals surface area (Å²) < 4.78 is 10.4. The van der Waals surface area contributed by atoms with Gasteiger partial charge >= 0.3 is 6.16 Å². The zero-order chi connectivity index (χ0) is 15.0. The molecule has 1 fully saturated rings. The second-order valence-corrected chi connectivity index (χ2v) is 5.00. The third-order valence-corrected chi connectivity index (χ3v) is 3.78. The molecule has 112 valence electrons. The molecule has 0 bridgehead atoms. The first-order valence-corrected chi connectivity index (χ1v) is 6.70. The summed E-state index contributed by atoms with van der Waals surface area (Å²) in [6.45, 7) is 0. The van der Waals surface area contributed by atoms with Crippen LogP contribution in [0.5, 0.6) is 11.6 Å². The Hall–Kier alpha value is -2.51. The van der Waals surface area contributed by atoms with Crippen molar-refractivity contribution < 1.29 is 19.4 Å². The van der Waals surface area contributed by atoms with E-state index in [1.165, 1.54) is 13.3 Å². The number of rotatable bonds is 2. The van der Waals surface area contributed by atoms with Crippen LogP contribution >= 0.6 is 0 Å². The van der Waals surface area contributed by atoms with E-state index < -0.39 is 6.16 Å². The molecule has 2 aromatic rings. The Morgan fingerprint density at radius 3 is 2.86 bits per heavy atom. The molecule has 0 spiro atoms. The molecule has 0 saturated heterocycles. The fraction of sp³-hybridized carbons (Fsp3) is 0.462. The smallest absolute Gasteiger partial charge is 0.493 e. The van der Waals surface area contributed by atoms with Gasteiger partial charge in [-0.1, -0.05) is 12.8 Å². The van der Waals surface area contributed by atoms with Crippen molar-refractivity contribution in [2.24, 2.45) is 0 Å². The molecule has 2 heterocycles. The van der Waals surface area contributed by atoms with Gasteiger partial charge in [0.05, 0.1) is 18.9 Å². The number of ether oxygens (including phenoxy) is 2. The number of aromatic hydroxyl groups is 1. The van der Waals surface area contributed by atoms with Gasteiger partial charge in [0.15, 0.2) is 11.4 Å². The molecule has 8 heteroatoms. The van der Waals surface area contributed by atoms with Gasteiger partial charge in [-0.15, -0.1) is 0 Å². The Labute approximate surface area is 119 Å². The molecule has 0 aliphatic heterocycles. The molecule has 0 unspecified atom stereocenters. The number of H-pyrrole nitrogens is 1. The lowest BCUT2D eigenvalue weighted by atomic mass is 10.00. The van der Waals surface area contributed by atoms with Crippen LogP contribution in [-0.2, 0) is 4.74 Å². The summed E-state index contributed by atoms with van der Waals surface area (Å²) in [5.41, 5.74) is 0.0690. The Balaban J connectivity index is 2.10. The van der Waals surface area contributed by atoms with Gasteiger partial charge in [-0.2, -0.15) is 9.61 Å². The SMILES string of the molecule is COC(=O)Oc1cnn2c(O)c(C3CCCC3)c(=O)[nH]c12. The van der Waals surface area contributed by atoms with Gasteiger partial charge in [-0.3, -0.25) is 4.79 Å². The largest absolute Gasteiger partial charge is 0.513 e.